The maximum atomic E-state index is 14.3. The summed E-state index contributed by atoms with van der Waals surface area (Å²) in [4.78, 5) is 43.1. The van der Waals surface area contributed by atoms with Crippen molar-refractivity contribution in [3.05, 3.63) is 83.9 Å². The molecule has 0 radical (unpaired) electrons. The smallest absolute Gasteiger partial charge is 0.323 e. The van der Waals surface area contributed by atoms with E-state index in [0.717, 1.165) is 12.8 Å². The molecule has 264 valence electrons. The van der Waals surface area contributed by atoms with Crippen LogP contribution in [-0.4, -0.2) is 84.5 Å². The highest BCUT2D eigenvalue weighted by Gasteiger charge is 2.31. The predicted octanol–water partition coefficient (Wildman–Crippen LogP) is 6.57. The summed E-state index contributed by atoms with van der Waals surface area (Å²) >= 11 is 0. The standard InChI is InChI=1S/C36H45F2N5O6/c1-23-20-43(24(2)22-44)34(45)31-19-30(40-35(46)39-28-12-8-26(37)9-13-28)16-17-32(31)49-25(3)7-5-6-18-48-33(23)21-42(4)36(47)41-29-14-10-27(38)11-15-29/h8-17,19,23-25,33,44H,5-7,18,20-22H2,1-4H3,(H,41,47)(H2,39,40,46)/t23-,24+,25-,33-/m0/s1. The number of aliphatic hydroxyl groups is 1. The number of halogens is 2. The van der Waals surface area contributed by atoms with Crippen LogP contribution < -0.4 is 20.7 Å². The maximum absolute atomic E-state index is 14.3. The molecule has 0 saturated heterocycles. The molecular weight excluding hydrogens is 636 g/mol. The van der Waals surface area contributed by atoms with Gasteiger partial charge in [-0.2, -0.15) is 0 Å². The number of anilines is 3. The highest BCUT2D eigenvalue weighted by Crippen LogP contribution is 2.29. The van der Waals surface area contributed by atoms with E-state index in [1.807, 2.05) is 13.8 Å². The highest BCUT2D eigenvalue weighted by molar-refractivity contribution is 6.02. The Morgan fingerprint density at radius 2 is 1.53 bits per heavy atom. The van der Waals surface area contributed by atoms with Crippen molar-refractivity contribution in [1.82, 2.24) is 9.80 Å². The summed E-state index contributed by atoms with van der Waals surface area (Å²) < 4.78 is 39.2. The number of hydrogen-bond donors (Lipinski definition) is 4. The molecule has 4 N–H and O–H groups in total. The molecule has 11 nitrogen and oxygen atoms in total. The molecule has 3 aromatic carbocycles. The van der Waals surface area contributed by atoms with E-state index in [1.54, 1.807) is 31.0 Å². The molecule has 0 aliphatic carbocycles. The van der Waals surface area contributed by atoms with E-state index >= 15 is 0 Å². The van der Waals surface area contributed by atoms with Gasteiger partial charge >= 0.3 is 12.1 Å². The number of likely N-dealkylation sites (N-methyl/N-ethyl adjacent to an activating group) is 1. The Balaban J connectivity index is 1.57. The van der Waals surface area contributed by atoms with Gasteiger partial charge in [-0.15, -0.1) is 0 Å². The number of nitrogens with zero attached hydrogens (tertiary/aromatic N) is 2. The third kappa shape index (κ3) is 10.9. The lowest BCUT2D eigenvalue weighted by Gasteiger charge is -2.35. The second-order valence-corrected chi connectivity index (χ2v) is 12.4. The first-order valence-electron chi connectivity index (χ1n) is 16.4. The van der Waals surface area contributed by atoms with Gasteiger partial charge in [0.1, 0.15) is 17.4 Å². The quantitative estimate of drug-likeness (QED) is 0.223. The summed E-state index contributed by atoms with van der Waals surface area (Å²) in [6.07, 6.45) is 1.52. The van der Waals surface area contributed by atoms with Gasteiger partial charge in [-0.1, -0.05) is 6.92 Å². The molecule has 4 rings (SSSR count). The van der Waals surface area contributed by atoms with Crippen LogP contribution in [0.25, 0.3) is 0 Å². The first-order valence-corrected chi connectivity index (χ1v) is 16.4. The number of ether oxygens (including phenoxy) is 2. The Bertz CT molecular complexity index is 1560. The summed E-state index contributed by atoms with van der Waals surface area (Å²) in [6.45, 7) is 6.07. The van der Waals surface area contributed by atoms with Gasteiger partial charge in [0.15, 0.2) is 0 Å². The van der Waals surface area contributed by atoms with Crippen molar-refractivity contribution >= 4 is 35.0 Å². The summed E-state index contributed by atoms with van der Waals surface area (Å²) in [5.41, 5.74) is 1.36. The zero-order valence-corrected chi connectivity index (χ0v) is 28.2. The fourth-order valence-electron chi connectivity index (χ4n) is 5.39. The Labute approximate surface area is 285 Å². The highest BCUT2D eigenvalue weighted by atomic mass is 19.1. The van der Waals surface area contributed by atoms with Crippen molar-refractivity contribution < 1.29 is 37.7 Å². The van der Waals surface area contributed by atoms with E-state index in [2.05, 4.69) is 16.0 Å². The van der Waals surface area contributed by atoms with E-state index in [0.29, 0.717) is 35.8 Å². The van der Waals surface area contributed by atoms with Crippen molar-refractivity contribution in [1.29, 1.82) is 0 Å². The Hall–Kier alpha value is -4.75. The molecule has 49 heavy (non-hydrogen) atoms. The van der Waals surface area contributed by atoms with Crippen LogP contribution in [0.1, 0.15) is 50.4 Å². The lowest BCUT2D eigenvalue weighted by molar-refractivity contribution is -0.0115. The minimum Gasteiger partial charge on any atom is -0.490 e. The number of nitrogens with one attached hydrogen (secondary N) is 3. The largest absolute Gasteiger partial charge is 0.490 e. The van der Waals surface area contributed by atoms with Crippen LogP contribution in [-0.2, 0) is 4.74 Å². The average Bonchev–Trinajstić information content (AvgIpc) is 3.07. The molecule has 0 bridgehead atoms. The van der Waals surface area contributed by atoms with Crippen molar-refractivity contribution in [2.75, 3.05) is 49.3 Å². The van der Waals surface area contributed by atoms with Gasteiger partial charge in [-0.3, -0.25) is 4.79 Å². The molecule has 1 heterocycles. The number of hydrogen-bond acceptors (Lipinski definition) is 6. The Morgan fingerprint density at radius 3 is 2.16 bits per heavy atom. The molecule has 4 atom stereocenters. The molecule has 5 amide bonds. The Morgan fingerprint density at radius 1 is 0.939 bits per heavy atom. The second kappa shape index (κ2) is 17.6. The number of rotatable bonds is 7. The first-order chi connectivity index (χ1) is 23.4. The molecule has 1 aliphatic rings. The fourth-order valence-corrected chi connectivity index (χ4v) is 5.39. The van der Waals surface area contributed by atoms with Gasteiger partial charge in [-0.25, -0.2) is 18.4 Å². The van der Waals surface area contributed by atoms with Gasteiger partial charge in [0.25, 0.3) is 5.91 Å². The molecule has 0 spiro atoms. The van der Waals surface area contributed by atoms with Crippen LogP contribution in [0.4, 0.5) is 35.4 Å². The van der Waals surface area contributed by atoms with E-state index in [9.17, 15) is 28.3 Å². The number of fused-ring (bicyclic) bond motifs is 1. The summed E-state index contributed by atoms with van der Waals surface area (Å²) in [5, 5.41) is 18.3. The van der Waals surface area contributed by atoms with Crippen LogP contribution in [0.2, 0.25) is 0 Å². The molecule has 0 fully saturated rings. The van der Waals surface area contributed by atoms with Crippen molar-refractivity contribution in [2.45, 2.75) is 58.3 Å². The minimum atomic E-state index is -0.591. The lowest BCUT2D eigenvalue weighted by atomic mass is 10.0. The zero-order chi connectivity index (χ0) is 35.5. The monoisotopic (exact) mass is 681 g/mol. The van der Waals surface area contributed by atoms with Crippen LogP contribution in [0.15, 0.2) is 66.7 Å². The molecule has 1 aliphatic heterocycles. The molecule has 13 heteroatoms. The molecule has 0 aromatic heterocycles. The molecular formula is C36H45F2N5O6. The van der Waals surface area contributed by atoms with Crippen molar-refractivity contribution in [3.63, 3.8) is 0 Å². The van der Waals surface area contributed by atoms with E-state index in [-0.39, 0.29) is 37.3 Å². The number of carbonyl (C=O) groups excluding carboxylic acids is 3. The SMILES string of the molecule is C[C@H](CO)N1C[C@H](C)[C@H](CN(C)C(=O)Nc2ccc(F)cc2)OCCCC[C@H](C)Oc2ccc(NC(=O)Nc3ccc(F)cc3)cc2C1=O. The van der Waals surface area contributed by atoms with Crippen LogP contribution in [0.3, 0.4) is 0 Å². The van der Waals surface area contributed by atoms with Crippen molar-refractivity contribution in [3.8, 4) is 5.75 Å². The van der Waals surface area contributed by atoms with Gasteiger partial charge in [0.05, 0.1) is 30.4 Å². The van der Waals surface area contributed by atoms with E-state index < -0.39 is 41.7 Å². The van der Waals surface area contributed by atoms with Gasteiger partial charge in [0.2, 0.25) is 0 Å². The third-order valence-corrected chi connectivity index (χ3v) is 8.31. The third-order valence-electron chi connectivity index (χ3n) is 8.31. The molecule has 3 aromatic rings. The number of amides is 5. The average molecular weight is 682 g/mol. The Kier molecular flexibility index (Phi) is 13.3. The predicted molar refractivity (Wildman–Crippen MR) is 184 cm³/mol. The van der Waals surface area contributed by atoms with Gasteiger partial charge in [0, 0.05) is 49.7 Å². The van der Waals surface area contributed by atoms with E-state index in [1.165, 1.54) is 59.5 Å². The van der Waals surface area contributed by atoms with Gasteiger partial charge in [-0.05, 0) is 99.8 Å². The summed E-state index contributed by atoms with van der Waals surface area (Å²) in [5.74, 6) is -1.21. The second-order valence-electron chi connectivity index (χ2n) is 12.4. The summed E-state index contributed by atoms with van der Waals surface area (Å²) in [7, 11) is 1.63. The van der Waals surface area contributed by atoms with Gasteiger partial charge < -0.3 is 40.3 Å². The number of benzene rings is 3. The number of aliphatic hydroxyl groups excluding tert-OH is 1. The van der Waals surface area contributed by atoms with Crippen molar-refractivity contribution in [2.24, 2.45) is 5.92 Å². The van der Waals surface area contributed by atoms with Crippen LogP contribution >= 0.6 is 0 Å². The molecule has 0 unspecified atom stereocenters. The van der Waals surface area contributed by atoms with Crippen LogP contribution in [0, 0.1) is 17.6 Å². The maximum Gasteiger partial charge on any atom is 0.323 e. The first kappa shape index (κ1) is 37.1. The number of carbonyl (C=O) groups is 3. The van der Waals surface area contributed by atoms with E-state index in [4.69, 9.17) is 9.47 Å². The van der Waals surface area contributed by atoms with Crippen LogP contribution in [0.5, 0.6) is 5.75 Å². The normalized spacial score (nSPS) is 19.4. The molecule has 0 saturated carbocycles. The zero-order valence-electron chi connectivity index (χ0n) is 28.2. The fraction of sp³-hybridized carbons (Fsp3) is 0.417. The topological polar surface area (TPSA) is 132 Å². The lowest BCUT2D eigenvalue weighted by Crippen LogP contribution is -2.48. The summed E-state index contributed by atoms with van der Waals surface area (Å²) in [6, 6.07) is 14.0. The number of urea groups is 2. The minimum absolute atomic E-state index is 0.177.